The zero-order chi connectivity index (χ0) is 34.6. The first kappa shape index (κ1) is 34.7. The van der Waals surface area contributed by atoms with Crippen molar-refractivity contribution in [1.82, 2.24) is 24.8 Å². The highest BCUT2D eigenvalue weighted by atomic mass is 19.1. The van der Waals surface area contributed by atoms with Gasteiger partial charge in [0.2, 0.25) is 5.91 Å². The molecule has 47 heavy (non-hydrogen) atoms. The van der Waals surface area contributed by atoms with Gasteiger partial charge in [-0.25, -0.2) is 8.91 Å². The summed E-state index contributed by atoms with van der Waals surface area (Å²) in [5.74, 6) is -0.286. The van der Waals surface area contributed by atoms with Crippen molar-refractivity contribution < 1.29 is 19.1 Å². The van der Waals surface area contributed by atoms with E-state index in [2.05, 4.69) is 78.8 Å². The molecular formula is C30H42B6FN7O3. The molecule has 3 fully saturated rings. The molecule has 3 aromatic rings. The Bertz CT molecular complexity index is 1710. The van der Waals surface area contributed by atoms with Crippen LogP contribution in [0.2, 0.25) is 0 Å². The zero-order valence-corrected chi connectivity index (χ0v) is 28.9. The van der Waals surface area contributed by atoms with Gasteiger partial charge in [0, 0.05) is 17.2 Å². The number of hydrogen-bond donors (Lipinski definition) is 3. The molecule has 0 saturated heterocycles. The molecule has 0 radical (unpaired) electrons. The summed E-state index contributed by atoms with van der Waals surface area (Å²) in [6.07, 6.45) is 5.82. The number of amides is 2. The summed E-state index contributed by atoms with van der Waals surface area (Å²) in [6, 6.07) is 9.38. The summed E-state index contributed by atoms with van der Waals surface area (Å²) in [5, 5.41) is 29.5. The maximum atomic E-state index is 14.6. The van der Waals surface area contributed by atoms with E-state index in [-0.39, 0.29) is 34.0 Å². The second-order valence-electron chi connectivity index (χ2n) is 16.0. The van der Waals surface area contributed by atoms with Gasteiger partial charge in [0.05, 0.1) is 52.1 Å². The minimum Gasteiger partial charge on any atom is -0.387 e. The number of anilines is 1. The van der Waals surface area contributed by atoms with Crippen LogP contribution in [0.3, 0.4) is 0 Å². The van der Waals surface area contributed by atoms with Crippen LogP contribution in [-0.4, -0.2) is 118 Å². The predicted octanol–water partition coefficient (Wildman–Crippen LogP) is -2.54. The van der Waals surface area contributed by atoms with Crippen molar-refractivity contribution >= 4 is 70.1 Å². The number of halogens is 1. The van der Waals surface area contributed by atoms with Crippen molar-refractivity contribution in [3.05, 3.63) is 47.8 Å². The molecule has 1 atom stereocenters. The monoisotopic (exact) mass is 633 g/mol. The molecule has 0 unspecified atom stereocenters. The minimum atomic E-state index is -1.66. The Morgan fingerprint density at radius 2 is 1.68 bits per heavy atom. The van der Waals surface area contributed by atoms with E-state index in [9.17, 15) is 24.3 Å². The Morgan fingerprint density at radius 1 is 1.06 bits per heavy atom. The highest BCUT2D eigenvalue weighted by molar-refractivity contribution is 6.64. The normalized spacial score (nSPS) is 21.9. The van der Waals surface area contributed by atoms with Gasteiger partial charge < -0.3 is 20.6 Å². The van der Waals surface area contributed by atoms with Crippen LogP contribution in [0.1, 0.15) is 68.3 Å². The van der Waals surface area contributed by atoms with E-state index in [0.717, 1.165) is 44.0 Å². The van der Waals surface area contributed by atoms with Crippen LogP contribution in [0.15, 0.2) is 36.7 Å². The highest BCUT2D eigenvalue weighted by Gasteiger charge is 2.55. The summed E-state index contributed by atoms with van der Waals surface area (Å²) in [6.45, 7) is 2.37. The maximum absolute atomic E-state index is 14.6. The van der Waals surface area contributed by atoms with Crippen LogP contribution < -0.4 is 10.6 Å². The lowest BCUT2D eigenvalue weighted by Gasteiger charge is -2.58. The number of aliphatic hydroxyl groups is 1. The SMILES string of the molecule is BC(B)(B)N(C(=O)C12CCC(Nc3cc(-c4ccc5cc(C#N)cnn45)ncc3C(=O)NC[C@@H](F)C(C)(C)O)(CC1)CC2)C(B)(B)B. The number of nitrogens with one attached hydrogen (secondary N) is 2. The van der Waals surface area contributed by atoms with Crippen LogP contribution in [0.25, 0.3) is 16.9 Å². The second kappa shape index (κ2) is 12.1. The molecule has 10 nitrogen and oxygen atoms in total. The molecule has 3 aromatic heterocycles. The number of nitrogens with zero attached hydrogens (tertiary/aromatic N) is 5. The van der Waals surface area contributed by atoms with Gasteiger partial charge in [0.1, 0.15) is 59.3 Å². The van der Waals surface area contributed by atoms with Crippen molar-refractivity contribution in [1.29, 1.82) is 5.26 Å². The first-order valence-electron chi connectivity index (χ1n) is 16.4. The predicted molar refractivity (Wildman–Crippen MR) is 197 cm³/mol. The lowest BCUT2D eigenvalue weighted by Crippen LogP contribution is -2.69. The Morgan fingerprint density at radius 3 is 2.23 bits per heavy atom. The zero-order valence-electron chi connectivity index (χ0n) is 28.9. The van der Waals surface area contributed by atoms with E-state index < -0.39 is 23.1 Å². The largest absolute Gasteiger partial charge is 0.387 e. The molecule has 3 aliphatic rings. The maximum Gasteiger partial charge on any atom is 0.255 e. The van der Waals surface area contributed by atoms with Gasteiger partial charge in [-0.2, -0.15) is 10.4 Å². The van der Waals surface area contributed by atoms with Gasteiger partial charge >= 0.3 is 0 Å². The van der Waals surface area contributed by atoms with E-state index in [0.29, 0.717) is 22.6 Å². The fourth-order valence-corrected chi connectivity index (χ4v) is 7.49. The fourth-order valence-electron chi connectivity index (χ4n) is 7.49. The van der Waals surface area contributed by atoms with Crippen LogP contribution in [-0.2, 0) is 4.79 Å². The molecule has 3 heterocycles. The molecule has 6 rings (SSSR count). The lowest BCUT2D eigenvalue weighted by atomic mass is 9.40. The first-order chi connectivity index (χ1) is 21.8. The topological polar surface area (TPSA) is 136 Å². The Hall–Kier alpha value is -3.65. The molecule has 3 N–H and O–H groups in total. The van der Waals surface area contributed by atoms with Crippen molar-refractivity contribution in [3.63, 3.8) is 0 Å². The van der Waals surface area contributed by atoms with Gasteiger partial charge in [0.15, 0.2) is 0 Å². The number of fused-ring (bicyclic) bond motifs is 4. The van der Waals surface area contributed by atoms with Crippen LogP contribution in [0.4, 0.5) is 10.1 Å². The third kappa shape index (κ3) is 6.85. The Balaban J connectivity index is 1.46. The summed E-state index contributed by atoms with van der Waals surface area (Å²) in [5.41, 5.74) is 0.894. The quantitative estimate of drug-likeness (QED) is 0.210. The molecule has 2 amide bonds. The number of hydrogen-bond acceptors (Lipinski definition) is 7. The van der Waals surface area contributed by atoms with E-state index in [1.165, 1.54) is 26.2 Å². The van der Waals surface area contributed by atoms with Crippen molar-refractivity contribution in [2.24, 2.45) is 5.41 Å². The molecule has 3 saturated carbocycles. The molecule has 0 aromatic carbocycles. The number of rotatable bonds is 10. The summed E-state index contributed by atoms with van der Waals surface area (Å²) in [7, 11) is 12.6. The molecule has 0 aliphatic heterocycles. The summed E-state index contributed by atoms with van der Waals surface area (Å²) in [4.78, 5) is 34.4. The van der Waals surface area contributed by atoms with Gasteiger partial charge in [-0.3, -0.25) is 14.6 Å². The van der Waals surface area contributed by atoms with Crippen LogP contribution in [0.5, 0.6) is 0 Å². The van der Waals surface area contributed by atoms with Crippen LogP contribution >= 0.6 is 0 Å². The fraction of sp³-hybridized carbons (Fsp3) is 0.500. The summed E-state index contributed by atoms with van der Waals surface area (Å²) >= 11 is 0. The minimum absolute atomic E-state index is 0.219. The molecule has 0 spiro atoms. The van der Waals surface area contributed by atoms with E-state index in [1.54, 1.807) is 10.6 Å². The average Bonchev–Trinajstić information content (AvgIpc) is 3.41. The molecule has 2 bridgehead atoms. The van der Waals surface area contributed by atoms with Gasteiger partial charge in [0.25, 0.3) is 5.91 Å². The van der Waals surface area contributed by atoms with Crippen molar-refractivity contribution in [2.45, 2.75) is 80.2 Å². The molecule has 240 valence electrons. The number of aromatic nitrogens is 3. The Labute approximate surface area is 281 Å². The first-order valence-corrected chi connectivity index (χ1v) is 16.4. The van der Waals surface area contributed by atoms with Gasteiger partial charge in [-0.15, -0.1) is 0 Å². The number of carbonyl (C=O) groups is 2. The average molecular weight is 633 g/mol. The standard InChI is InChI=1S/C30H42B6FN7O3/c1-26(2,47)23(37)16-40-24(45)19-15-39-21(22-4-3-18-11-17(13-38)14-41-43(18)22)12-20(19)42-28-8-5-27(6-9-28,7-10-28)25(46)44(29(31,32)33)30(34,35)36/h3-4,11-12,14-15,23,47H,5-10,16,31-36H2,1-2H3,(H,39,42)(H,40,45)/t23-,27?,28?/m1/s1. The van der Waals surface area contributed by atoms with Gasteiger partial charge in [-0.1, -0.05) is 0 Å². The number of alkyl halides is 1. The van der Waals surface area contributed by atoms with E-state index in [4.69, 9.17) is 0 Å². The van der Waals surface area contributed by atoms with E-state index in [1.807, 2.05) is 18.2 Å². The van der Waals surface area contributed by atoms with Crippen molar-refractivity contribution in [3.8, 4) is 17.5 Å². The molecular weight excluding hydrogens is 590 g/mol. The molecule has 17 heteroatoms. The third-order valence-corrected chi connectivity index (χ3v) is 9.89. The third-order valence-electron chi connectivity index (χ3n) is 9.89. The highest BCUT2D eigenvalue weighted by Crippen LogP contribution is 2.55. The second-order valence-corrected chi connectivity index (χ2v) is 16.0. The summed E-state index contributed by atoms with van der Waals surface area (Å²) < 4.78 is 16.3. The molecule has 3 aliphatic carbocycles. The smallest absolute Gasteiger partial charge is 0.255 e. The number of carbonyl (C=O) groups excluding carboxylic acids is 2. The van der Waals surface area contributed by atoms with E-state index >= 15 is 0 Å². The Kier molecular flexibility index (Phi) is 8.93. The van der Waals surface area contributed by atoms with Gasteiger partial charge in [-0.05, 0) is 87.1 Å². The number of nitriles is 1. The van der Waals surface area contributed by atoms with Crippen molar-refractivity contribution in [2.75, 3.05) is 11.9 Å². The van der Waals surface area contributed by atoms with Crippen LogP contribution in [0, 0.1) is 16.7 Å². The number of pyridine rings is 1. The lowest BCUT2D eigenvalue weighted by molar-refractivity contribution is -0.149.